The second-order valence-corrected chi connectivity index (χ2v) is 12.1. The van der Waals surface area contributed by atoms with Crippen molar-refractivity contribution in [3.63, 3.8) is 0 Å². The molecule has 1 unspecified atom stereocenters. The van der Waals surface area contributed by atoms with Crippen LogP contribution in [0.5, 0.6) is 0 Å². The summed E-state index contributed by atoms with van der Waals surface area (Å²) in [5.41, 5.74) is 0. The fourth-order valence-corrected chi connectivity index (χ4v) is 9.90. The van der Waals surface area contributed by atoms with Crippen LogP contribution in [0.1, 0.15) is 0 Å². The average molecular weight is 202 g/mol. The van der Waals surface area contributed by atoms with Gasteiger partial charge in [0.05, 0.1) is 6.10 Å². The van der Waals surface area contributed by atoms with E-state index in [0.29, 0.717) is 0 Å². The van der Waals surface area contributed by atoms with Crippen LogP contribution in [0.25, 0.3) is 0 Å². The molecule has 1 saturated heterocycles. The number of rotatable bonds is 1. The second-order valence-electron chi connectivity index (χ2n) is 4.36. The fourth-order valence-electron chi connectivity index (χ4n) is 1.75. The van der Waals surface area contributed by atoms with Crippen molar-refractivity contribution in [1.82, 2.24) is 0 Å². The van der Waals surface area contributed by atoms with Gasteiger partial charge in [0.1, 0.15) is 0 Å². The molecule has 2 nitrogen and oxygen atoms in total. The standard InChI is InChI=1S/C8H18O2Si2/c1-6-8-7-11(2,3)10-12(4,5)9-8/h6,8H,1,7H2,2-5H3. The molecule has 0 aromatic rings. The Morgan fingerprint density at radius 2 is 1.92 bits per heavy atom. The number of hydrogen-bond acceptors (Lipinski definition) is 2. The highest BCUT2D eigenvalue weighted by Gasteiger charge is 2.42. The van der Waals surface area contributed by atoms with Gasteiger partial charge in [-0.15, -0.1) is 6.58 Å². The molecule has 1 aliphatic rings. The molecule has 4 heteroatoms. The Labute approximate surface area is 77.0 Å². The maximum atomic E-state index is 6.00. The Balaban J connectivity index is 2.72. The quantitative estimate of drug-likeness (QED) is 0.480. The maximum absolute atomic E-state index is 6.00. The zero-order chi connectivity index (χ0) is 9.41. The maximum Gasteiger partial charge on any atom is 0.321 e. The monoisotopic (exact) mass is 202 g/mol. The summed E-state index contributed by atoms with van der Waals surface area (Å²) in [7, 11) is -3.26. The molecule has 0 bridgehead atoms. The van der Waals surface area contributed by atoms with Crippen LogP contribution in [0.15, 0.2) is 12.7 Å². The third-order valence-electron chi connectivity index (χ3n) is 1.91. The third kappa shape index (κ3) is 2.55. The molecule has 1 atom stereocenters. The van der Waals surface area contributed by atoms with Crippen molar-refractivity contribution in [3.8, 4) is 0 Å². The summed E-state index contributed by atoms with van der Waals surface area (Å²) in [4.78, 5) is 0. The summed E-state index contributed by atoms with van der Waals surface area (Å²) in [5, 5.41) is 0. The molecule has 1 heterocycles. The van der Waals surface area contributed by atoms with Crippen molar-refractivity contribution >= 4 is 16.9 Å². The van der Waals surface area contributed by atoms with Gasteiger partial charge in [0.25, 0.3) is 0 Å². The molecule has 70 valence electrons. The Bertz CT molecular complexity index is 173. The lowest BCUT2D eigenvalue weighted by molar-refractivity contribution is 0.179. The van der Waals surface area contributed by atoms with Gasteiger partial charge in [-0.3, -0.25) is 0 Å². The summed E-state index contributed by atoms with van der Waals surface area (Å²) < 4.78 is 11.8. The third-order valence-corrected chi connectivity index (χ3v) is 8.35. The van der Waals surface area contributed by atoms with Crippen LogP contribution in [-0.2, 0) is 8.54 Å². The Morgan fingerprint density at radius 1 is 1.33 bits per heavy atom. The van der Waals surface area contributed by atoms with Crippen molar-refractivity contribution in [1.29, 1.82) is 0 Å². The lowest BCUT2D eigenvalue weighted by atomic mass is 10.4. The van der Waals surface area contributed by atoms with Crippen LogP contribution in [0, 0.1) is 0 Å². The molecule has 0 aromatic carbocycles. The van der Waals surface area contributed by atoms with E-state index >= 15 is 0 Å². The summed E-state index contributed by atoms with van der Waals surface area (Å²) in [6.07, 6.45) is 2.15. The predicted octanol–water partition coefficient (Wildman–Crippen LogP) is 2.49. The van der Waals surface area contributed by atoms with Crippen LogP contribution in [0.2, 0.25) is 32.2 Å². The minimum Gasteiger partial charge on any atom is -0.436 e. The summed E-state index contributed by atoms with van der Waals surface area (Å²) >= 11 is 0. The Kier molecular flexibility index (Phi) is 2.63. The predicted molar refractivity (Wildman–Crippen MR) is 55.9 cm³/mol. The van der Waals surface area contributed by atoms with Gasteiger partial charge >= 0.3 is 8.56 Å². The van der Waals surface area contributed by atoms with Crippen LogP contribution in [-0.4, -0.2) is 23.0 Å². The molecule has 0 radical (unpaired) electrons. The molecule has 1 fully saturated rings. The molecule has 0 saturated carbocycles. The topological polar surface area (TPSA) is 18.5 Å². The van der Waals surface area contributed by atoms with Gasteiger partial charge in [-0.1, -0.05) is 6.08 Å². The van der Waals surface area contributed by atoms with Gasteiger partial charge in [0.15, 0.2) is 8.32 Å². The molecular formula is C8H18O2Si2. The largest absolute Gasteiger partial charge is 0.436 e. The molecule has 0 spiro atoms. The van der Waals surface area contributed by atoms with Gasteiger partial charge in [0, 0.05) is 0 Å². The normalized spacial score (nSPS) is 32.8. The van der Waals surface area contributed by atoms with Crippen molar-refractivity contribution in [2.45, 2.75) is 38.3 Å². The molecule has 0 aliphatic carbocycles. The van der Waals surface area contributed by atoms with E-state index in [2.05, 4.69) is 32.8 Å². The number of hydrogen-bond donors (Lipinski definition) is 0. The molecular weight excluding hydrogens is 184 g/mol. The highest BCUT2D eigenvalue weighted by atomic mass is 28.4. The van der Waals surface area contributed by atoms with Gasteiger partial charge < -0.3 is 8.54 Å². The van der Waals surface area contributed by atoms with Crippen molar-refractivity contribution in [2.75, 3.05) is 0 Å². The van der Waals surface area contributed by atoms with E-state index in [0.717, 1.165) is 6.04 Å². The van der Waals surface area contributed by atoms with Crippen LogP contribution in [0.3, 0.4) is 0 Å². The van der Waals surface area contributed by atoms with E-state index in [4.69, 9.17) is 8.54 Å². The summed E-state index contributed by atoms with van der Waals surface area (Å²) in [5.74, 6) is 0. The second kappa shape index (κ2) is 3.10. The SMILES string of the molecule is C=CC1C[Si](C)(C)O[Si](C)(C)O1. The zero-order valence-corrected chi connectivity index (χ0v) is 10.4. The van der Waals surface area contributed by atoms with Gasteiger partial charge in [-0.2, -0.15) is 0 Å². The molecule has 1 rings (SSSR count). The minimum atomic E-state index is -1.82. The zero-order valence-electron chi connectivity index (χ0n) is 8.39. The fraction of sp³-hybridized carbons (Fsp3) is 0.750. The van der Waals surface area contributed by atoms with Crippen molar-refractivity contribution < 1.29 is 8.54 Å². The molecule has 0 N–H and O–H groups in total. The first-order valence-corrected chi connectivity index (χ1v) is 10.3. The first-order valence-electron chi connectivity index (χ1n) is 4.35. The van der Waals surface area contributed by atoms with E-state index in [1.807, 2.05) is 6.08 Å². The van der Waals surface area contributed by atoms with Crippen molar-refractivity contribution in [2.24, 2.45) is 0 Å². The highest BCUT2D eigenvalue weighted by Crippen LogP contribution is 2.29. The smallest absolute Gasteiger partial charge is 0.321 e. The molecule has 1 aliphatic heterocycles. The highest BCUT2D eigenvalue weighted by molar-refractivity contribution is 6.83. The first-order chi connectivity index (χ1) is 5.35. The van der Waals surface area contributed by atoms with Gasteiger partial charge in [0.2, 0.25) is 0 Å². The van der Waals surface area contributed by atoms with Gasteiger partial charge in [-0.05, 0) is 32.2 Å². The molecule has 12 heavy (non-hydrogen) atoms. The lowest BCUT2D eigenvalue weighted by Gasteiger charge is -2.42. The van der Waals surface area contributed by atoms with E-state index in [1.54, 1.807) is 0 Å². The van der Waals surface area contributed by atoms with Crippen LogP contribution in [0.4, 0.5) is 0 Å². The minimum absolute atomic E-state index is 0.238. The van der Waals surface area contributed by atoms with E-state index < -0.39 is 16.9 Å². The summed E-state index contributed by atoms with van der Waals surface area (Å²) in [6, 6.07) is 1.05. The molecule has 0 aromatic heterocycles. The Morgan fingerprint density at radius 3 is 2.33 bits per heavy atom. The average Bonchev–Trinajstić information content (AvgIpc) is 1.80. The molecule has 0 amide bonds. The van der Waals surface area contributed by atoms with E-state index in [-0.39, 0.29) is 6.10 Å². The Hall–Kier alpha value is 0.0938. The van der Waals surface area contributed by atoms with Crippen LogP contribution < -0.4 is 0 Å². The van der Waals surface area contributed by atoms with E-state index in [9.17, 15) is 0 Å². The summed E-state index contributed by atoms with van der Waals surface area (Å²) in [6.45, 7) is 12.5. The van der Waals surface area contributed by atoms with Crippen LogP contribution >= 0.6 is 0 Å². The first kappa shape index (κ1) is 10.2. The lowest BCUT2D eigenvalue weighted by Crippen LogP contribution is -2.54. The van der Waals surface area contributed by atoms with E-state index in [1.165, 1.54) is 0 Å². The van der Waals surface area contributed by atoms with Gasteiger partial charge in [-0.25, -0.2) is 0 Å². The van der Waals surface area contributed by atoms with Crippen molar-refractivity contribution in [3.05, 3.63) is 12.7 Å².